The van der Waals surface area contributed by atoms with Gasteiger partial charge >= 0.3 is 39.2 Å². The predicted octanol–water partition coefficient (Wildman–Crippen LogP) is 11.0. The SMILES string of the molecule is CC(OC(=O)C12CC3(OC(=O)c4cc(I)cc(I)c4I)CC(OC(=O)c4cc(I)cc(I)c4I)(CC(OC(=O)c4c(I)ccc(I)c4I)(C3)C1)C2)C(F)(F)S(=O)(=O)O. The highest BCUT2D eigenvalue weighted by atomic mass is 127. The number of carbonyl (C=O) groups is 4. The zero-order valence-electron chi connectivity index (χ0n) is 28.9. The van der Waals surface area contributed by atoms with Gasteiger partial charge in [0.05, 0.1) is 22.1 Å². The number of rotatable bonds is 10. The van der Waals surface area contributed by atoms with E-state index in [9.17, 15) is 40.9 Å². The van der Waals surface area contributed by atoms with E-state index in [1.54, 1.807) is 18.2 Å². The first-order chi connectivity index (χ1) is 26.7. The molecule has 4 aliphatic carbocycles. The third-order valence-electron chi connectivity index (χ3n) is 10.1. The first-order valence-corrected chi connectivity index (χ1v) is 27.5. The molecular weight excluding hydrogens is 1810 g/mol. The van der Waals surface area contributed by atoms with Crippen molar-refractivity contribution in [1.29, 1.82) is 0 Å². The molecule has 0 aromatic heterocycles. The fourth-order valence-electron chi connectivity index (χ4n) is 8.34. The lowest BCUT2D eigenvalue weighted by atomic mass is 9.44. The van der Waals surface area contributed by atoms with Gasteiger partial charge in [0, 0.05) is 70.7 Å². The van der Waals surface area contributed by atoms with E-state index < -0.39 is 67.6 Å². The standard InChI is InChI=1S/C35H23F2I9O11S/c1-14(35(36,37)58(51,52)53)54-30(50)31-8-32(55-27(47)17-4-15(38)6-21(42)24(17)44)11-33(9-31,56-28(48)18-5-16(39)7-22(43)25(18)45)13-34(10-31,12-32)57-29(49)23-19(40)2-3-20(41)26(23)46/h2-7,14H,8-13H2,1H3,(H,51,52,53). The van der Waals surface area contributed by atoms with E-state index in [4.69, 9.17) is 18.9 Å². The lowest BCUT2D eigenvalue weighted by molar-refractivity contribution is -0.279. The van der Waals surface area contributed by atoms with E-state index in [0.717, 1.165) is 17.9 Å². The molecule has 4 bridgehead atoms. The minimum atomic E-state index is -6.04. The van der Waals surface area contributed by atoms with E-state index >= 15 is 0 Å². The third kappa shape index (κ3) is 9.71. The van der Waals surface area contributed by atoms with Crippen molar-refractivity contribution in [3.63, 3.8) is 0 Å². The summed E-state index contributed by atoms with van der Waals surface area (Å²) in [5.41, 5.74) is -6.45. The van der Waals surface area contributed by atoms with Crippen LogP contribution in [0.5, 0.6) is 0 Å². The number of hydrogen-bond acceptors (Lipinski definition) is 10. The van der Waals surface area contributed by atoms with Crippen molar-refractivity contribution >= 4 is 237 Å². The van der Waals surface area contributed by atoms with Gasteiger partial charge in [-0.3, -0.25) is 9.35 Å². The Morgan fingerprint density at radius 2 is 1.03 bits per heavy atom. The molecule has 0 aliphatic heterocycles. The Labute approximate surface area is 453 Å². The van der Waals surface area contributed by atoms with E-state index in [2.05, 4.69) is 113 Å². The number of alkyl halides is 2. The molecule has 4 saturated carbocycles. The number of carbonyl (C=O) groups excluding carboxylic acids is 4. The van der Waals surface area contributed by atoms with Gasteiger partial charge in [-0.15, -0.1) is 0 Å². The summed E-state index contributed by atoms with van der Waals surface area (Å²) >= 11 is 18.4. The molecule has 3 atom stereocenters. The van der Waals surface area contributed by atoms with Gasteiger partial charge in [0.25, 0.3) is 0 Å². The average Bonchev–Trinajstić information content (AvgIpc) is 3.07. The van der Waals surface area contributed by atoms with E-state index in [1.165, 1.54) is 0 Å². The van der Waals surface area contributed by atoms with Crippen molar-refractivity contribution in [2.24, 2.45) is 5.41 Å². The molecule has 0 radical (unpaired) electrons. The van der Waals surface area contributed by atoms with E-state index in [0.29, 0.717) is 21.2 Å². The molecule has 3 aromatic carbocycles. The molecule has 4 aliphatic rings. The second kappa shape index (κ2) is 17.9. The van der Waals surface area contributed by atoms with Gasteiger partial charge in [0.15, 0.2) is 6.10 Å². The zero-order valence-corrected chi connectivity index (χ0v) is 49.1. The van der Waals surface area contributed by atoms with Crippen LogP contribution in [0.1, 0.15) is 76.5 Å². The van der Waals surface area contributed by atoms with Gasteiger partial charge < -0.3 is 18.9 Å². The van der Waals surface area contributed by atoms with Crippen LogP contribution in [0.25, 0.3) is 0 Å². The zero-order chi connectivity index (χ0) is 43.1. The average molecular weight is 1830 g/mol. The van der Waals surface area contributed by atoms with Crippen molar-refractivity contribution in [3.8, 4) is 0 Å². The lowest BCUT2D eigenvalue weighted by Crippen LogP contribution is -2.73. The highest BCUT2D eigenvalue weighted by Crippen LogP contribution is 2.68. The molecule has 0 amide bonds. The molecular formula is C35H23F2I9O11S. The fourth-order valence-corrected chi connectivity index (χ4v) is 15.9. The molecule has 0 spiro atoms. The first-order valence-electron chi connectivity index (χ1n) is 16.4. The molecule has 11 nitrogen and oxygen atoms in total. The maximum absolute atomic E-state index is 14.9. The maximum atomic E-state index is 14.9. The summed E-state index contributed by atoms with van der Waals surface area (Å²) in [5.74, 6) is -3.69. The monoisotopic (exact) mass is 1830 g/mol. The minimum absolute atomic E-state index is 0.157. The quantitative estimate of drug-likeness (QED) is 0.0677. The number of hydrogen-bond donors (Lipinski definition) is 1. The lowest BCUT2D eigenvalue weighted by Gasteiger charge is -2.66. The molecule has 7 rings (SSSR count). The summed E-state index contributed by atoms with van der Waals surface area (Å²) < 4.78 is 93.3. The third-order valence-corrected chi connectivity index (χ3v) is 22.4. The molecule has 0 saturated heterocycles. The number of ether oxygens (including phenoxy) is 4. The predicted molar refractivity (Wildman–Crippen MR) is 280 cm³/mol. The summed E-state index contributed by atoms with van der Waals surface area (Å²) in [6, 6.07) is 10.5. The Balaban J connectivity index is 1.53. The first kappa shape index (κ1) is 49.3. The Morgan fingerprint density at radius 3 is 1.45 bits per heavy atom. The Hall–Kier alpha value is 1.88. The fraction of sp³-hybridized carbons (Fsp3) is 0.371. The second-order valence-corrected chi connectivity index (χ2v) is 26.2. The van der Waals surface area contributed by atoms with Crippen molar-refractivity contribution in [1.82, 2.24) is 0 Å². The molecule has 3 unspecified atom stereocenters. The molecule has 23 heteroatoms. The van der Waals surface area contributed by atoms with Crippen LogP contribution < -0.4 is 0 Å². The summed E-state index contributed by atoms with van der Waals surface area (Å²) in [6.45, 7) is 0.621. The molecule has 312 valence electrons. The van der Waals surface area contributed by atoms with E-state index in [1.807, 2.05) is 109 Å². The number of benzene rings is 3. The summed E-state index contributed by atoms with van der Waals surface area (Å²) in [4.78, 5) is 57.6. The highest BCUT2D eigenvalue weighted by Gasteiger charge is 2.76. The van der Waals surface area contributed by atoms with Gasteiger partial charge in [-0.2, -0.15) is 17.2 Å². The van der Waals surface area contributed by atoms with Gasteiger partial charge in [-0.25, -0.2) is 14.4 Å². The van der Waals surface area contributed by atoms with Gasteiger partial charge in [0.2, 0.25) is 0 Å². The number of esters is 4. The highest BCUT2D eigenvalue weighted by molar-refractivity contribution is 14.1. The van der Waals surface area contributed by atoms with Gasteiger partial charge in [-0.05, 0) is 247 Å². The second-order valence-electron chi connectivity index (χ2n) is 14.4. The smallest absolute Gasteiger partial charge is 0.405 e. The molecule has 4 fully saturated rings. The molecule has 0 heterocycles. The molecule has 1 N–H and O–H groups in total. The van der Waals surface area contributed by atoms with Crippen LogP contribution in [0.3, 0.4) is 0 Å². The van der Waals surface area contributed by atoms with Crippen LogP contribution >= 0.6 is 203 Å². The molecule has 3 aromatic rings. The van der Waals surface area contributed by atoms with Crippen LogP contribution in [-0.4, -0.2) is 65.0 Å². The van der Waals surface area contributed by atoms with Crippen LogP contribution in [0.4, 0.5) is 8.78 Å². The van der Waals surface area contributed by atoms with Crippen LogP contribution in [0, 0.1) is 37.5 Å². The van der Waals surface area contributed by atoms with Crippen LogP contribution in [0.2, 0.25) is 0 Å². The Bertz CT molecular complexity index is 2330. The van der Waals surface area contributed by atoms with Crippen molar-refractivity contribution in [3.05, 3.63) is 85.2 Å². The van der Waals surface area contributed by atoms with Gasteiger partial charge in [0.1, 0.15) is 16.8 Å². The topological polar surface area (TPSA) is 160 Å². The normalized spacial score (nSPS) is 25.5. The van der Waals surface area contributed by atoms with E-state index in [-0.39, 0.29) is 55.2 Å². The van der Waals surface area contributed by atoms with Crippen molar-refractivity contribution < 1.29 is 59.9 Å². The van der Waals surface area contributed by atoms with Crippen molar-refractivity contribution in [2.75, 3.05) is 0 Å². The minimum Gasteiger partial charge on any atom is -0.455 e. The molecule has 58 heavy (non-hydrogen) atoms. The summed E-state index contributed by atoms with van der Waals surface area (Å²) in [6.07, 6.45) is -4.15. The van der Waals surface area contributed by atoms with Gasteiger partial charge in [-0.1, -0.05) is 0 Å². The largest absolute Gasteiger partial charge is 0.455 e. The Morgan fingerprint density at radius 1 is 0.638 bits per heavy atom. The van der Waals surface area contributed by atoms with Crippen molar-refractivity contribution in [2.45, 2.75) is 73.6 Å². The van der Waals surface area contributed by atoms with Crippen LogP contribution in [-0.2, 0) is 33.9 Å². The summed E-state index contributed by atoms with van der Waals surface area (Å²) in [7, 11) is -6.04. The number of halogens is 11. The maximum Gasteiger partial charge on any atom is 0.405 e. The summed E-state index contributed by atoms with van der Waals surface area (Å²) in [5, 5.41) is -4.90. The van der Waals surface area contributed by atoms with Crippen LogP contribution in [0.15, 0.2) is 36.4 Å². The Kier molecular flexibility index (Phi) is 15.2.